The van der Waals surface area contributed by atoms with Crippen LogP contribution in [0.25, 0.3) is 0 Å². The number of alkyl halides is 3. The maximum atomic E-state index is 12.8. The Hall–Kier alpha value is -1.57. The van der Waals surface area contributed by atoms with Crippen molar-refractivity contribution in [1.29, 1.82) is 0 Å². The molecule has 1 aromatic rings. The highest BCUT2D eigenvalue weighted by Crippen LogP contribution is 2.50. The van der Waals surface area contributed by atoms with E-state index in [1.54, 1.807) is 6.92 Å². The second-order valence-electron chi connectivity index (χ2n) is 4.44. The number of hydrogen-bond acceptors (Lipinski definition) is 5. The average molecular weight is 276 g/mol. The molecule has 1 heterocycles. The van der Waals surface area contributed by atoms with Crippen LogP contribution in [0, 0.1) is 0 Å². The standard InChI is InChI=1S/C11H15F3N4O/c1-2-19-6-9-16-7(15)5-8(17-9)18-10(3-4-10)11(12,13)14/h5H,2-4,6H2,1H3,(H3,15,16,17,18). The lowest BCUT2D eigenvalue weighted by Gasteiger charge is -2.21. The van der Waals surface area contributed by atoms with E-state index in [1.807, 2.05) is 0 Å². The zero-order chi connectivity index (χ0) is 14.1. The summed E-state index contributed by atoms with van der Waals surface area (Å²) in [6.07, 6.45) is -4.21. The molecule has 0 aliphatic heterocycles. The summed E-state index contributed by atoms with van der Waals surface area (Å²) in [7, 11) is 0. The van der Waals surface area contributed by atoms with Crippen LogP contribution in [-0.2, 0) is 11.3 Å². The topological polar surface area (TPSA) is 73.1 Å². The minimum atomic E-state index is -4.30. The molecule has 0 atom stereocenters. The van der Waals surface area contributed by atoms with Gasteiger partial charge in [-0.15, -0.1) is 0 Å². The van der Waals surface area contributed by atoms with E-state index in [1.165, 1.54) is 6.07 Å². The van der Waals surface area contributed by atoms with Crippen LogP contribution in [0.2, 0.25) is 0 Å². The smallest absolute Gasteiger partial charge is 0.384 e. The van der Waals surface area contributed by atoms with Crippen LogP contribution in [0.15, 0.2) is 6.07 Å². The zero-order valence-electron chi connectivity index (χ0n) is 10.4. The molecule has 106 valence electrons. The van der Waals surface area contributed by atoms with E-state index in [-0.39, 0.29) is 36.9 Å². The molecule has 8 heteroatoms. The molecule has 3 N–H and O–H groups in total. The van der Waals surface area contributed by atoms with E-state index < -0.39 is 11.7 Å². The van der Waals surface area contributed by atoms with E-state index in [0.29, 0.717) is 6.61 Å². The van der Waals surface area contributed by atoms with Crippen LogP contribution in [0.5, 0.6) is 0 Å². The predicted octanol–water partition coefficient (Wildman–Crippen LogP) is 2.10. The summed E-state index contributed by atoms with van der Waals surface area (Å²) >= 11 is 0. The molecule has 1 aromatic heterocycles. The Morgan fingerprint density at radius 2 is 2.11 bits per heavy atom. The van der Waals surface area contributed by atoms with Crippen molar-refractivity contribution in [1.82, 2.24) is 9.97 Å². The number of halogens is 3. The number of nitrogen functional groups attached to an aromatic ring is 1. The Balaban J connectivity index is 2.14. The first-order valence-electron chi connectivity index (χ1n) is 5.92. The monoisotopic (exact) mass is 276 g/mol. The van der Waals surface area contributed by atoms with E-state index in [9.17, 15) is 13.2 Å². The fourth-order valence-electron chi connectivity index (χ4n) is 1.69. The molecule has 19 heavy (non-hydrogen) atoms. The summed E-state index contributed by atoms with van der Waals surface area (Å²) in [4.78, 5) is 7.89. The van der Waals surface area contributed by atoms with Gasteiger partial charge >= 0.3 is 6.18 Å². The van der Waals surface area contributed by atoms with Gasteiger partial charge in [-0.2, -0.15) is 13.2 Å². The van der Waals surface area contributed by atoms with Gasteiger partial charge in [0.25, 0.3) is 0 Å². The summed E-state index contributed by atoms with van der Waals surface area (Å²) in [6, 6.07) is 1.29. The van der Waals surface area contributed by atoms with E-state index >= 15 is 0 Å². The molecular formula is C11H15F3N4O. The SMILES string of the molecule is CCOCc1nc(N)cc(NC2(C(F)(F)F)CC2)n1. The first-order chi connectivity index (χ1) is 8.86. The summed E-state index contributed by atoms with van der Waals surface area (Å²) < 4.78 is 43.6. The Morgan fingerprint density at radius 3 is 2.63 bits per heavy atom. The minimum absolute atomic E-state index is 0.0429. The van der Waals surface area contributed by atoms with Crippen molar-refractivity contribution in [2.45, 2.75) is 38.1 Å². The van der Waals surface area contributed by atoms with Crippen LogP contribution in [0.4, 0.5) is 24.8 Å². The van der Waals surface area contributed by atoms with Gasteiger partial charge in [0.15, 0.2) is 5.82 Å². The Bertz CT molecular complexity index is 460. The van der Waals surface area contributed by atoms with Gasteiger partial charge in [-0.3, -0.25) is 0 Å². The lowest BCUT2D eigenvalue weighted by atomic mass is 10.2. The summed E-state index contributed by atoms with van der Waals surface area (Å²) in [5.41, 5.74) is 3.69. The molecule has 0 spiro atoms. The number of nitrogens with two attached hydrogens (primary N) is 1. The van der Waals surface area contributed by atoms with E-state index in [0.717, 1.165) is 0 Å². The number of ether oxygens (including phenoxy) is 1. The molecule has 0 radical (unpaired) electrons. The number of anilines is 2. The van der Waals surface area contributed by atoms with Crippen LogP contribution >= 0.6 is 0 Å². The molecule has 0 saturated heterocycles. The third-order valence-electron chi connectivity index (χ3n) is 2.89. The molecule has 0 bridgehead atoms. The van der Waals surface area contributed by atoms with Gasteiger partial charge in [0.2, 0.25) is 0 Å². The van der Waals surface area contributed by atoms with Crippen LogP contribution in [0.3, 0.4) is 0 Å². The van der Waals surface area contributed by atoms with Crippen molar-refractivity contribution in [3.05, 3.63) is 11.9 Å². The van der Waals surface area contributed by atoms with Crippen molar-refractivity contribution in [3.63, 3.8) is 0 Å². The highest BCUT2D eigenvalue weighted by atomic mass is 19.4. The van der Waals surface area contributed by atoms with Crippen molar-refractivity contribution in [3.8, 4) is 0 Å². The first-order valence-corrected chi connectivity index (χ1v) is 5.92. The molecule has 1 aliphatic carbocycles. The molecule has 0 amide bonds. The molecule has 1 aliphatic rings. The number of rotatable bonds is 5. The maximum absolute atomic E-state index is 12.8. The number of nitrogens with one attached hydrogen (secondary N) is 1. The van der Waals surface area contributed by atoms with Gasteiger partial charge in [-0.25, -0.2) is 9.97 Å². The number of aromatic nitrogens is 2. The third kappa shape index (κ3) is 3.06. The fraction of sp³-hybridized carbons (Fsp3) is 0.636. The predicted molar refractivity (Wildman–Crippen MR) is 63.4 cm³/mol. The minimum Gasteiger partial charge on any atom is -0.384 e. The lowest BCUT2D eigenvalue weighted by molar-refractivity contribution is -0.151. The molecule has 0 aromatic carbocycles. The Labute approximate surface area is 108 Å². The normalized spacial score (nSPS) is 17.3. The summed E-state index contributed by atoms with van der Waals surface area (Å²) in [6.45, 7) is 2.39. The summed E-state index contributed by atoms with van der Waals surface area (Å²) in [5.74, 6) is 0.463. The second-order valence-corrected chi connectivity index (χ2v) is 4.44. The number of hydrogen-bond donors (Lipinski definition) is 2. The molecular weight excluding hydrogens is 261 g/mol. The highest BCUT2D eigenvalue weighted by molar-refractivity contribution is 5.48. The van der Waals surface area contributed by atoms with E-state index in [4.69, 9.17) is 10.5 Å². The zero-order valence-corrected chi connectivity index (χ0v) is 10.4. The van der Waals surface area contributed by atoms with Gasteiger partial charge in [0, 0.05) is 12.7 Å². The van der Waals surface area contributed by atoms with Crippen molar-refractivity contribution in [2.75, 3.05) is 17.7 Å². The Morgan fingerprint density at radius 1 is 1.42 bits per heavy atom. The molecule has 1 fully saturated rings. The Kier molecular flexibility index (Phi) is 3.53. The molecule has 0 unspecified atom stereocenters. The highest BCUT2D eigenvalue weighted by Gasteiger charge is 2.63. The van der Waals surface area contributed by atoms with Crippen LogP contribution < -0.4 is 11.1 Å². The van der Waals surface area contributed by atoms with Gasteiger partial charge < -0.3 is 15.8 Å². The van der Waals surface area contributed by atoms with Gasteiger partial charge in [0.1, 0.15) is 23.8 Å². The largest absolute Gasteiger partial charge is 0.411 e. The lowest BCUT2D eigenvalue weighted by Crippen LogP contribution is -2.39. The third-order valence-corrected chi connectivity index (χ3v) is 2.89. The van der Waals surface area contributed by atoms with Crippen molar-refractivity contribution >= 4 is 11.6 Å². The molecule has 5 nitrogen and oxygen atoms in total. The second kappa shape index (κ2) is 4.84. The molecule has 2 rings (SSSR count). The first kappa shape index (κ1) is 13.9. The van der Waals surface area contributed by atoms with Gasteiger partial charge in [0.05, 0.1) is 0 Å². The maximum Gasteiger partial charge on any atom is 0.411 e. The molecule has 1 saturated carbocycles. The van der Waals surface area contributed by atoms with Crippen molar-refractivity contribution < 1.29 is 17.9 Å². The van der Waals surface area contributed by atoms with Crippen molar-refractivity contribution in [2.24, 2.45) is 0 Å². The van der Waals surface area contributed by atoms with Gasteiger partial charge in [-0.05, 0) is 19.8 Å². The fourth-order valence-corrected chi connectivity index (χ4v) is 1.69. The quantitative estimate of drug-likeness (QED) is 0.861. The average Bonchev–Trinajstić information content (AvgIpc) is 3.06. The summed E-state index contributed by atoms with van der Waals surface area (Å²) in [5, 5.41) is 2.42. The van der Waals surface area contributed by atoms with Crippen LogP contribution in [0.1, 0.15) is 25.6 Å². The van der Waals surface area contributed by atoms with Crippen LogP contribution in [-0.4, -0.2) is 28.3 Å². The van der Waals surface area contributed by atoms with Gasteiger partial charge in [-0.1, -0.05) is 0 Å². The van der Waals surface area contributed by atoms with E-state index in [2.05, 4.69) is 15.3 Å². The number of nitrogens with zero attached hydrogens (tertiary/aromatic N) is 2.